The van der Waals surface area contributed by atoms with E-state index in [2.05, 4.69) is 281 Å². The number of para-hydroxylation sites is 8. The molecule has 10 nitrogen and oxygen atoms in total. The summed E-state index contributed by atoms with van der Waals surface area (Å²) < 4.78 is 71.9. The van der Waals surface area contributed by atoms with Crippen molar-refractivity contribution >= 4 is 158 Å². The van der Waals surface area contributed by atoms with Gasteiger partial charge in [0, 0.05) is 81.7 Å². The van der Waals surface area contributed by atoms with Crippen molar-refractivity contribution in [3.8, 4) is 33.4 Å². The maximum Gasteiger partial charge on any atom is 0.494 e. The Hall–Kier alpha value is -12.9. The van der Waals surface area contributed by atoms with Gasteiger partial charge in [0.15, 0.2) is 0 Å². The monoisotopic (exact) mass is 1620 g/mol. The zero-order chi connectivity index (χ0) is 79.0. The van der Waals surface area contributed by atoms with E-state index >= 15 is 0 Å². The van der Waals surface area contributed by atoms with Crippen LogP contribution in [0.1, 0.15) is 35.1 Å². The SMILES string of the molecule is C.CC1(C)OB(c2cc3c4ccccc4n4c5ccccc5c(c2)c34)OC1(C)C.O=S(=O)(c1ccc(-c2ccc(N(c3ccccc3)c3ccccc3)cc2)cc1)c1ccc(-c2cc3c4ccccc4n4c5ccccc5c(c2)c34)cc1.O=S(=O)(c1ccc(Br)cc1)c1ccc(-c2ccc(N(c3ccccc3)c3ccccc3)cc2)cc1. The predicted molar refractivity (Wildman–Crippen MR) is 488 cm³/mol. The van der Waals surface area contributed by atoms with Gasteiger partial charge < -0.3 is 27.9 Å². The number of fused-ring (bicyclic) bond motifs is 12. The molecule has 0 N–H and O–H groups in total. The Labute approximate surface area is 690 Å². The fourth-order valence-electron chi connectivity index (χ4n) is 16.4. The van der Waals surface area contributed by atoms with E-state index in [1.165, 1.54) is 76.2 Å². The van der Waals surface area contributed by atoms with Gasteiger partial charge >= 0.3 is 7.12 Å². The van der Waals surface area contributed by atoms with E-state index < -0.39 is 19.7 Å². The lowest BCUT2D eigenvalue weighted by Gasteiger charge is -2.32. The van der Waals surface area contributed by atoms with Crippen molar-refractivity contribution in [2.45, 2.75) is 65.9 Å². The number of sulfone groups is 2. The minimum Gasteiger partial charge on any atom is -0.399 e. The van der Waals surface area contributed by atoms with Gasteiger partial charge in [-0.1, -0.05) is 242 Å². The molecule has 0 amide bonds. The zero-order valence-electron chi connectivity index (χ0n) is 64.0. The number of rotatable bonds is 14. The highest BCUT2D eigenvalue weighted by Gasteiger charge is 2.52. The van der Waals surface area contributed by atoms with Crippen LogP contribution in [0.3, 0.4) is 0 Å². The maximum absolute atomic E-state index is 13.8. The van der Waals surface area contributed by atoms with Crippen LogP contribution in [0, 0.1) is 0 Å². The molecule has 1 fully saturated rings. The summed E-state index contributed by atoms with van der Waals surface area (Å²) in [7, 11) is -7.65. The molecule has 0 radical (unpaired) electrons. The standard InChI is InChI=1S/C48H32N2O2S.C30H22BrNO2S.C24H22BNO2.CH4/c51-53(52,40-27-21-34(22-28-40)33-19-25-39(26-20-33)49(37-11-3-1-4-12-37)38-13-5-2-6-14-38)41-29-23-35(24-30-41)36-31-44-42-15-7-9-17-46(42)50-47-18-10-8-16-43(47)45(32-36)48(44)50;31-25-15-21-30(22-16-25)35(33,34)29-19-13-24(14-20-29)23-11-17-28(18-12-23)32(26-7-3-1-4-8-26)27-9-5-2-6-10-27;1-23(2)24(3,4)28-25(27-23)15-13-18-16-9-5-7-11-20(16)26-21-12-8-6-10-17(21)19(14-15)22(18)26;/h1-32H;1-22H;5-14H,1-4H3;1H4. The van der Waals surface area contributed by atoms with E-state index in [-0.39, 0.29) is 45.3 Å². The van der Waals surface area contributed by atoms with Crippen LogP contribution in [-0.2, 0) is 29.0 Å². The van der Waals surface area contributed by atoms with Crippen LogP contribution in [-0.4, -0.2) is 44.0 Å². The lowest BCUT2D eigenvalue weighted by atomic mass is 9.77. The first-order chi connectivity index (χ1) is 56.4. The third-order valence-corrected chi connectivity index (χ3v) is 27.0. The molecule has 117 heavy (non-hydrogen) atoms. The van der Waals surface area contributed by atoms with Crippen LogP contribution in [0.2, 0.25) is 0 Å². The number of anilines is 6. The molecule has 570 valence electrons. The summed E-state index contributed by atoms with van der Waals surface area (Å²) in [6.45, 7) is 8.41. The Morgan fingerprint density at radius 2 is 0.504 bits per heavy atom. The fourth-order valence-corrected chi connectivity index (χ4v) is 19.2. The van der Waals surface area contributed by atoms with Gasteiger partial charge in [-0.05, 0) is 236 Å². The smallest absolute Gasteiger partial charge is 0.399 e. The molecular formula is C103H80BBrN4O6S2. The van der Waals surface area contributed by atoms with Gasteiger partial charge in [-0.25, -0.2) is 16.8 Å². The molecule has 0 unspecified atom stereocenters. The Morgan fingerprint density at radius 1 is 0.274 bits per heavy atom. The van der Waals surface area contributed by atoms with E-state index in [1.807, 2.05) is 109 Å². The minimum atomic E-state index is -3.73. The van der Waals surface area contributed by atoms with Crippen molar-refractivity contribution < 1.29 is 26.1 Å². The molecule has 14 heteroatoms. The average Bonchev–Trinajstić information content (AvgIpc) is 1.55. The molecule has 1 saturated heterocycles. The van der Waals surface area contributed by atoms with Gasteiger partial charge in [-0.2, -0.15) is 0 Å². The van der Waals surface area contributed by atoms with Gasteiger partial charge in [0.25, 0.3) is 0 Å². The predicted octanol–water partition coefficient (Wildman–Crippen LogP) is 26.7. The summed E-state index contributed by atoms with van der Waals surface area (Å²) in [5, 5.41) is 9.86. The van der Waals surface area contributed by atoms with Crippen LogP contribution >= 0.6 is 15.9 Å². The molecule has 0 spiro atoms. The van der Waals surface area contributed by atoms with E-state index in [9.17, 15) is 16.8 Å². The molecule has 21 rings (SSSR count). The van der Waals surface area contributed by atoms with E-state index in [0.29, 0.717) is 0 Å². The van der Waals surface area contributed by atoms with E-state index in [4.69, 9.17) is 9.31 Å². The lowest BCUT2D eigenvalue weighted by molar-refractivity contribution is 0.00578. The highest BCUT2D eigenvalue weighted by Crippen LogP contribution is 2.46. The second-order valence-corrected chi connectivity index (χ2v) is 35.2. The summed E-state index contributed by atoms with van der Waals surface area (Å²) in [5.74, 6) is 0. The highest BCUT2D eigenvalue weighted by atomic mass is 79.9. The topological polar surface area (TPSA) is 102 Å². The number of benzene rings is 16. The Morgan fingerprint density at radius 3 is 0.795 bits per heavy atom. The Balaban J connectivity index is 0.000000128. The van der Waals surface area contributed by atoms with Gasteiger partial charge in [0.05, 0.1) is 63.9 Å². The number of halogens is 1. The molecule has 1 aliphatic heterocycles. The van der Waals surface area contributed by atoms with Crippen LogP contribution in [0.4, 0.5) is 34.1 Å². The van der Waals surface area contributed by atoms with Gasteiger partial charge in [-0.15, -0.1) is 0 Å². The number of aromatic nitrogens is 2. The zero-order valence-corrected chi connectivity index (χ0v) is 67.2. The summed E-state index contributed by atoms with van der Waals surface area (Å²) in [6.07, 6.45) is 0. The lowest BCUT2D eigenvalue weighted by Crippen LogP contribution is -2.41. The first kappa shape index (κ1) is 75.4. The number of nitrogens with zero attached hydrogens (tertiary/aromatic N) is 4. The molecule has 5 heterocycles. The quantitative estimate of drug-likeness (QED) is 0.0993. The number of hydrogen-bond acceptors (Lipinski definition) is 8. The molecule has 0 atom stereocenters. The second kappa shape index (κ2) is 30.4. The Bertz CT molecular complexity index is 7000. The molecular weight excluding hydrogens is 1540 g/mol. The van der Waals surface area contributed by atoms with Crippen molar-refractivity contribution in [3.05, 3.63) is 393 Å². The molecule has 1 aliphatic rings. The molecule has 20 aromatic rings. The van der Waals surface area contributed by atoms with Crippen molar-refractivity contribution in [2.75, 3.05) is 9.80 Å². The third-order valence-electron chi connectivity index (χ3n) is 22.9. The van der Waals surface area contributed by atoms with Crippen molar-refractivity contribution in [2.24, 2.45) is 0 Å². The molecule has 16 aromatic carbocycles. The Kier molecular flexibility index (Phi) is 19.6. The van der Waals surface area contributed by atoms with Crippen molar-refractivity contribution in [3.63, 3.8) is 0 Å². The van der Waals surface area contributed by atoms with Crippen LogP contribution in [0.15, 0.2) is 412 Å². The third kappa shape index (κ3) is 13.6. The number of hydrogen-bond donors (Lipinski definition) is 0. The average molecular weight is 1620 g/mol. The normalized spacial score (nSPS) is 13.3. The summed E-state index contributed by atoms with van der Waals surface area (Å²) in [6, 6.07) is 129. The van der Waals surface area contributed by atoms with Crippen LogP contribution < -0.4 is 15.3 Å². The molecule has 0 bridgehead atoms. The highest BCUT2D eigenvalue weighted by molar-refractivity contribution is 9.10. The maximum atomic E-state index is 13.8. The van der Waals surface area contributed by atoms with Gasteiger partial charge in [0.2, 0.25) is 19.7 Å². The molecule has 4 aromatic heterocycles. The molecule has 0 aliphatic carbocycles. The largest absolute Gasteiger partial charge is 0.494 e. The van der Waals surface area contributed by atoms with Gasteiger partial charge in [0.1, 0.15) is 0 Å². The van der Waals surface area contributed by atoms with Gasteiger partial charge in [-0.3, -0.25) is 0 Å². The summed E-state index contributed by atoms with van der Waals surface area (Å²) >= 11 is 3.35. The van der Waals surface area contributed by atoms with Crippen molar-refractivity contribution in [1.82, 2.24) is 8.80 Å². The summed E-state index contributed by atoms with van der Waals surface area (Å²) in [4.78, 5) is 5.52. The van der Waals surface area contributed by atoms with E-state index in [0.717, 1.165) is 77.4 Å². The fraction of sp³-hybridized carbons (Fsp3) is 0.0680. The first-order valence-corrected chi connectivity index (χ1v) is 42.5. The molecule has 0 saturated carbocycles. The van der Waals surface area contributed by atoms with Crippen molar-refractivity contribution in [1.29, 1.82) is 0 Å². The van der Waals surface area contributed by atoms with Crippen LogP contribution in [0.25, 0.3) is 110 Å². The van der Waals surface area contributed by atoms with E-state index in [1.54, 1.807) is 60.7 Å². The second-order valence-electron chi connectivity index (χ2n) is 30.4. The minimum absolute atomic E-state index is 0. The first-order valence-electron chi connectivity index (χ1n) is 38.7. The summed E-state index contributed by atoms with van der Waals surface area (Å²) in [5.41, 5.74) is 20.1. The van der Waals surface area contributed by atoms with Crippen LogP contribution in [0.5, 0.6) is 0 Å².